The summed E-state index contributed by atoms with van der Waals surface area (Å²) in [4.78, 5) is 26.3. The third-order valence-electron chi connectivity index (χ3n) is 2.28. The Morgan fingerprint density at radius 1 is 1.20 bits per heavy atom. The monoisotopic (exact) mass is 277 g/mol. The molecule has 0 unspecified atom stereocenters. The van der Waals surface area contributed by atoms with E-state index in [2.05, 4.69) is 9.72 Å². The lowest BCUT2D eigenvalue weighted by Crippen LogP contribution is -2.05. The smallest absolute Gasteiger partial charge is 0.337 e. The van der Waals surface area contributed by atoms with E-state index < -0.39 is 11.9 Å². The van der Waals surface area contributed by atoms with Gasteiger partial charge in [0.1, 0.15) is 6.26 Å². The maximum absolute atomic E-state index is 11.4. The van der Waals surface area contributed by atoms with Crippen LogP contribution in [-0.4, -0.2) is 29.1 Å². The Labute approximate surface area is 116 Å². The molecule has 0 radical (unpaired) electrons. The number of methoxy groups -OCH3 is 1. The van der Waals surface area contributed by atoms with Gasteiger partial charge in [-0.2, -0.15) is 0 Å². The quantitative estimate of drug-likeness (QED) is 0.867. The predicted molar refractivity (Wildman–Crippen MR) is 71.6 cm³/mol. The molecule has 6 heteroatoms. The maximum atomic E-state index is 11.4. The molecule has 1 aromatic heterocycles. The summed E-state index contributed by atoms with van der Waals surface area (Å²) < 4.78 is 9.63. The molecule has 0 saturated carbocycles. The third kappa shape index (κ3) is 3.44. The van der Waals surface area contributed by atoms with Gasteiger partial charge in [0.25, 0.3) is 0 Å². The van der Waals surface area contributed by atoms with Gasteiger partial charge in [-0.05, 0) is 18.2 Å². The molecule has 0 amide bonds. The first-order chi connectivity index (χ1) is 9.61. The minimum atomic E-state index is -1.14. The summed E-state index contributed by atoms with van der Waals surface area (Å²) in [5, 5.41) is 8.98. The summed E-state index contributed by atoms with van der Waals surface area (Å²) in [5.41, 5.74) is 0.497. The van der Waals surface area contributed by atoms with Crippen molar-refractivity contribution >= 4 is 11.9 Å². The minimum Gasteiger partial charge on any atom is -0.478 e. The standard InChI is InChI=1S/C12H9NO5.C2H6/c1-17-12(16)9-5-7(10-13-2-3-18-10)4-8(6-9)11(14)15;1-2/h2-6H,1H3,(H,14,15);1-2H3. The van der Waals surface area contributed by atoms with Gasteiger partial charge in [0, 0.05) is 5.56 Å². The van der Waals surface area contributed by atoms with Crippen LogP contribution in [0.4, 0.5) is 0 Å². The molecular formula is C14H15NO5. The second-order valence-corrected chi connectivity index (χ2v) is 3.43. The summed E-state index contributed by atoms with van der Waals surface area (Å²) in [7, 11) is 1.22. The molecule has 0 aliphatic carbocycles. The molecule has 20 heavy (non-hydrogen) atoms. The fraction of sp³-hybridized carbons (Fsp3) is 0.214. The zero-order valence-electron chi connectivity index (χ0n) is 11.4. The molecule has 0 spiro atoms. The first-order valence-electron chi connectivity index (χ1n) is 5.98. The maximum Gasteiger partial charge on any atom is 0.337 e. The van der Waals surface area contributed by atoms with Crippen molar-refractivity contribution in [2.24, 2.45) is 0 Å². The molecule has 0 aliphatic heterocycles. The number of oxazole rings is 1. The first kappa shape index (κ1) is 15.4. The van der Waals surface area contributed by atoms with E-state index in [1.165, 1.54) is 37.8 Å². The number of nitrogens with zero attached hydrogens (tertiary/aromatic N) is 1. The van der Waals surface area contributed by atoms with E-state index in [4.69, 9.17) is 9.52 Å². The largest absolute Gasteiger partial charge is 0.478 e. The Hall–Kier alpha value is -2.63. The molecule has 2 aromatic rings. The highest BCUT2D eigenvalue weighted by Crippen LogP contribution is 2.21. The molecule has 106 valence electrons. The number of hydrogen-bond donors (Lipinski definition) is 1. The highest BCUT2D eigenvalue weighted by Gasteiger charge is 2.15. The van der Waals surface area contributed by atoms with Gasteiger partial charge in [0.05, 0.1) is 24.4 Å². The summed E-state index contributed by atoms with van der Waals surface area (Å²) in [5.74, 6) is -1.53. The summed E-state index contributed by atoms with van der Waals surface area (Å²) in [6.45, 7) is 4.00. The average Bonchev–Trinajstić information content (AvgIpc) is 3.02. The van der Waals surface area contributed by atoms with Crippen LogP contribution >= 0.6 is 0 Å². The molecule has 0 aliphatic rings. The first-order valence-corrected chi connectivity index (χ1v) is 5.98. The minimum absolute atomic E-state index is 0.0360. The summed E-state index contributed by atoms with van der Waals surface area (Å²) >= 11 is 0. The van der Waals surface area contributed by atoms with E-state index in [9.17, 15) is 9.59 Å². The Balaban J connectivity index is 0.000000956. The number of carbonyl (C=O) groups is 2. The highest BCUT2D eigenvalue weighted by molar-refractivity contribution is 5.96. The van der Waals surface area contributed by atoms with Gasteiger partial charge >= 0.3 is 11.9 Å². The lowest BCUT2D eigenvalue weighted by atomic mass is 10.1. The second-order valence-electron chi connectivity index (χ2n) is 3.43. The van der Waals surface area contributed by atoms with Crippen LogP contribution in [0.1, 0.15) is 34.6 Å². The number of benzene rings is 1. The van der Waals surface area contributed by atoms with Gasteiger partial charge in [-0.1, -0.05) is 13.8 Å². The third-order valence-corrected chi connectivity index (χ3v) is 2.28. The van der Waals surface area contributed by atoms with Crippen molar-refractivity contribution < 1.29 is 23.8 Å². The molecule has 2 rings (SSSR count). The van der Waals surface area contributed by atoms with Gasteiger partial charge in [-0.15, -0.1) is 0 Å². The predicted octanol–water partition coefficient (Wildman–Crippen LogP) is 2.85. The number of aromatic carboxylic acids is 1. The lowest BCUT2D eigenvalue weighted by Gasteiger charge is -2.04. The van der Waals surface area contributed by atoms with Gasteiger partial charge < -0.3 is 14.3 Å². The number of esters is 1. The summed E-state index contributed by atoms with van der Waals surface area (Å²) in [6.07, 6.45) is 2.79. The molecule has 6 nitrogen and oxygen atoms in total. The van der Waals surface area contributed by atoms with Crippen LogP contribution in [0.5, 0.6) is 0 Å². The lowest BCUT2D eigenvalue weighted by molar-refractivity contribution is 0.0601. The van der Waals surface area contributed by atoms with E-state index in [-0.39, 0.29) is 17.0 Å². The Bertz CT molecular complexity index is 590. The van der Waals surface area contributed by atoms with Crippen LogP contribution in [0.25, 0.3) is 11.5 Å². The Morgan fingerprint density at radius 3 is 2.35 bits per heavy atom. The van der Waals surface area contributed by atoms with E-state index in [1.54, 1.807) is 0 Å². The molecule has 1 aromatic carbocycles. The molecule has 1 heterocycles. The zero-order valence-corrected chi connectivity index (χ0v) is 11.4. The van der Waals surface area contributed by atoms with Crippen LogP contribution in [0.15, 0.2) is 35.1 Å². The van der Waals surface area contributed by atoms with E-state index in [0.717, 1.165) is 0 Å². The van der Waals surface area contributed by atoms with E-state index in [1.807, 2.05) is 13.8 Å². The van der Waals surface area contributed by atoms with Crippen LogP contribution in [0.2, 0.25) is 0 Å². The van der Waals surface area contributed by atoms with Crippen molar-refractivity contribution in [1.82, 2.24) is 4.98 Å². The van der Waals surface area contributed by atoms with Crippen molar-refractivity contribution in [1.29, 1.82) is 0 Å². The fourth-order valence-corrected chi connectivity index (χ4v) is 1.48. The van der Waals surface area contributed by atoms with Gasteiger partial charge in [0.15, 0.2) is 0 Å². The number of ether oxygens (including phenoxy) is 1. The number of rotatable bonds is 3. The van der Waals surface area contributed by atoms with Crippen LogP contribution in [-0.2, 0) is 4.74 Å². The number of aromatic nitrogens is 1. The normalized spacial score (nSPS) is 9.35. The van der Waals surface area contributed by atoms with Gasteiger partial charge in [-0.25, -0.2) is 14.6 Å². The Morgan fingerprint density at radius 2 is 1.85 bits per heavy atom. The topological polar surface area (TPSA) is 89.6 Å². The molecule has 0 saturated heterocycles. The number of carboxylic acids is 1. The zero-order chi connectivity index (χ0) is 15.1. The van der Waals surface area contributed by atoms with Gasteiger partial charge in [-0.3, -0.25) is 0 Å². The molecular weight excluding hydrogens is 262 g/mol. The molecule has 0 bridgehead atoms. The van der Waals surface area contributed by atoms with Crippen LogP contribution in [0, 0.1) is 0 Å². The average molecular weight is 277 g/mol. The van der Waals surface area contributed by atoms with Gasteiger partial charge in [0.2, 0.25) is 5.89 Å². The molecule has 0 atom stereocenters. The fourth-order valence-electron chi connectivity index (χ4n) is 1.48. The van der Waals surface area contributed by atoms with E-state index in [0.29, 0.717) is 5.56 Å². The molecule has 0 fully saturated rings. The Kier molecular flexibility index (Phi) is 5.46. The van der Waals surface area contributed by atoms with Crippen molar-refractivity contribution in [3.05, 3.63) is 41.8 Å². The number of hydrogen-bond acceptors (Lipinski definition) is 5. The van der Waals surface area contributed by atoms with Crippen LogP contribution < -0.4 is 0 Å². The van der Waals surface area contributed by atoms with E-state index >= 15 is 0 Å². The number of carboxylic acid groups (broad SMARTS) is 1. The van der Waals surface area contributed by atoms with Crippen molar-refractivity contribution in [3.63, 3.8) is 0 Å². The second kappa shape index (κ2) is 7.08. The van der Waals surface area contributed by atoms with Crippen molar-refractivity contribution in [3.8, 4) is 11.5 Å². The number of carbonyl (C=O) groups excluding carboxylic acids is 1. The highest BCUT2D eigenvalue weighted by atomic mass is 16.5. The van der Waals surface area contributed by atoms with Crippen molar-refractivity contribution in [2.75, 3.05) is 7.11 Å². The summed E-state index contributed by atoms with van der Waals surface area (Å²) in [6, 6.07) is 4.07. The molecule has 1 N–H and O–H groups in total. The SMILES string of the molecule is CC.COC(=O)c1cc(C(=O)O)cc(-c2ncco2)c1. The van der Waals surface area contributed by atoms with Crippen molar-refractivity contribution in [2.45, 2.75) is 13.8 Å². The van der Waals surface area contributed by atoms with Crippen LogP contribution in [0.3, 0.4) is 0 Å².